The van der Waals surface area contributed by atoms with E-state index in [-0.39, 0.29) is 0 Å². The van der Waals surface area contributed by atoms with Gasteiger partial charge in [0.25, 0.3) is 0 Å². The van der Waals surface area contributed by atoms with E-state index in [1.807, 2.05) is 0 Å². The van der Waals surface area contributed by atoms with Crippen LogP contribution >= 0.6 is 0 Å². The first kappa shape index (κ1) is 12.0. The molecule has 2 unspecified atom stereocenters. The van der Waals surface area contributed by atoms with Crippen LogP contribution in [0.25, 0.3) is 0 Å². The Hall–Kier alpha value is -0.0400. The molecule has 4 aliphatic rings. The Morgan fingerprint density at radius 1 is 1.06 bits per heavy atom. The summed E-state index contributed by atoms with van der Waals surface area (Å²) in [6.45, 7) is 4.88. The SMILES string of the molecule is CCC(NC)C(C)C12CC3CC(CC(C3)C1)C2. The molecule has 0 amide bonds. The standard InChI is InChI=1S/C16H29N/c1-4-15(17-3)11(2)16-8-12-5-13(9-16)7-14(6-12)10-16/h11-15,17H,4-10H2,1-3H3. The highest BCUT2D eigenvalue weighted by Gasteiger charge is 2.53. The van der Waals surface area contributed by atoms with Crippen molar-refractivity contribution in [1.29, 1.82) is 0 Å². The summed E-state index contributed by atoms with van der Waals surface area (Å²) >= 11 is 0. The molecular formula is C16H29N. The first-order chi connectivity index (χ1) is 8.16. The van der Waals surface area contributed by atoms with Crippen molar-refractivity contribution >= 4 is 0 Å². The number of hydrogen-bond acceptors (Lipinski definition) is 1. The quantitative estimate of drug-likeness (QED) is 0.781. The summed E-state index contributed by atoms with van der Waals surface area (Å²) in [5, 5.41) is 3.58. The van der Waals surface area contributed by atoms with Gasteiger partial charge in [-0.2, -0.15) is 0 Å². The summed E-state index contributed by atoms with van der Waals surface area (Å²) in [5.74, 6) is 4.17. The van der Waals surface area contributed by atoms with Crippen LogP contribution in [0.1, 0.15) is 58.8 Å². The summed E-state index contributed by atoms with van der Waals surface area (Å²) < 4.78 is 0. The second-order valence-corrected chi connectivity index (χ2v) is 7.37. The molecule has 0 saturated heterocycles. The van der Waals surface area contributed by atoms with Gasteiger partial charge >= 0.3 is 0 Å². The topological polar surface area (TPSA) is 12.0 Å². The van der Waals surface area contributed by atoms with E-state index >= 15 is 0 Å². The Balaban J connectivity index is 1.81. The van der Waals surface area contributed by atoms with E-state index in [4.69, 9.17) is 0 Å². The lowest BCUT2D eigenvalue weighted by Gasteiger charge is -2.60. The highest BCUT2D eigenvalue weighted by Crippen LogP contribution is 2.63. The van der Waals surface area contributed by atoms with Crippen LogP contribution in [0.5, 0.6) is 0 Å². The third-order valence-electron chi connectivity index (χ3n) is 6.47. The van der Waals surface area contributed by atoms with Gasteiger partial charge in [0.15, 0.2) is 0 Å². The maximum Gasteiger partial charge on any atom is 0.00923 e. The third kappa shape index (κ3) is 1.85. The molecule has 0 aromatic heterocycles. The summed E-state index contributed by atoms with van der Waals surface area (Å²) in [7, 11) is 2.16. The molecule has 17 heavy (non-hydrogen) atoms. The van der Waals surface area contributed by atoms with E-state index < -0.39 is 0 Å². The van der Waals surface area contributed by atoms with E-state index in [0.29, 0.717) is 0 Å². The molecule has 0 aliphatic heterocycles. The molecule has 0 radical (unpaired) electrons. The van der Waals surface area contributed by atoms with Crippen LogP contribution < -0.4 is 5.32 Å². The minimum atomic E-state index is 0.721. The zero-order valence-electron chi connectivity index (χ0n) is 11.8. The van der Waals surface area contributed by atoms with E-state index in [0.717, 1.165) is 35.1 Å². The molecule has 4 rings (SSSR count). The van der Waals surface area contributed by atoms with Gasteiger partial charge in [-0.15, -0.1) is 0 Å². The minimum absolute atomic E-state index is 0.721. The summed E-state index contributed by atoms with van der Waals surface area (Å²) in [6.07, 6.45) is 10.7. The van der Waals surface area contributed by atoms with Crippen molar-refractivity contribution in [3.8, 4) is 0 Å². The van der Waals surface area contributed by atoms with Crippen molar-refractivity contribution in [3.63, 3.8) is 0 Å². The van der Waals surface area contributed by atoms with E-state index in [2.05, 4.69) is 26.2 Å². The molecule has 4 bridgehead atoms. The fraction of sp³-hybridized carbons (Fsp3) is 1.00. The van der Waals surface area contributed by atoms with Crippen molar-refractivity contribution < 1.29 is 0 Å². The molecule has 0 aromatic rings. The minimum Gasteiger partial charge on any atom is -0.317 e. The van der Waals surface area contributed by atoms with Crippen molar-refractivity contribution in [3.05, 3.63) is 0 Å². The van der Waals surface area contributed by atoms with Crippen LogP contribution in [-0.4, -0.2) is 13.1 Å². The maximum absolute atomic E-state index is 3.58. The van der Waals surface area contributed by atoms with E-state index in [9.17, 15) is 0 Å². The Morgan fingerprint density at radius 3 is 1.88 bits per heavy atom. The highest BCUT2D eigenvalue weighted by atomic mass is 14.9. The first-order valence-electron chi connectivity index (χ1n) is 7.84. The zero-order valence-corrected chi connectivity index (χ0v) is 11.8. The van der Waals surface area contributed by atoms with Gasteiger partial charge in [0.05, 0.1) is 0 Å². The van der Waals surface area contributed by atoms with Gasteiger partial charge in [-0.25, -0.2) is 0 Å². The van der Waals surface area contributed by atoms with Crippen molar-refractivity contribution in [2.75, 3.05) is 7.05 Å². The molecule has 1 nitrogen and oxygen atoms in total. The molecule has 4 aliphatic carbocycles. The van der Waals surface area contributed by atoms with Gasteiger partial charge < -0.3 is 5.32 Å². The smallest absolute Gasteiger partial charge is 0.00923 e. The third-order valence-corrected chi connectivity index (χ3v) is 6.47. The van der Waals surface area contributed by atoms with Crippen molar-refractivity contribution in [2.24, 2.45) is 29.1 Å². The first-order valence-corrected chi connectivity index (χ1v) is 7.84. The number of nitrogens with one attached hydrogen (secondary N) is 1. The number of hydrogen-bond donors (Lipinski definition) is 1. The van der Waals surface area contributed by atoms with Crippen LogP contribution in [0.15, 0.2) is 0 Å². The van der Waals surface area contributed by atoms with Crippen LogP contribution in [0.2, 0.25) is 0 Å². The normalized spacial score (nSPS) is 47.1. The lowest BCUT2D eigenvalue weighted by Crippen LogP contribution is -2.53. The fourth-order valence-corrected chi connectivity index (χ4v) is 5.97. The van der Waals surface area contributed by atoms with Gasteiger partial charge in [-0.1, -0.05) is 13.8 Å². The van der Waals surface area contributed by atoms with E-state index in [1.54, 1.807) is 38.5 Å². The Bertz CT molecular complexity index is 244. The predicted octanol–water partition coefficient (Wildman–Crippen LogP) is 3.84. The van der Waals surface area contributed by atoms with Gasteiger partial charge in [0.2, 0.25) is 0 Å². The predicted molar refractivity (Wildman–Crippen MR) is 72.9 cm³/mol. The average molecular weight is 235 g/mol. The number of rotatable bonds is 4. The molecular weight excluding hydrogens is 206 g/mol. The highest BCUT2D eigenvalue weighted by molar-refractivity contribution is 5.04. The van der Waals surface area contributed by atoms with Gasteiger partial charge in [-0.05, 0) is 81.1 Å². The average Bonchev–Trinajstić information content (AvgIpc) is 2.28. The van der Waals surface area contributed by atoms with Crippen molar-refractivity contribution in [1.82, 2.24) is 5.32 Å². The Labute approximate surface area is 107 Å². The largest absolute Gasteiger partial charge is 0.317 e. The van der Waals surface area contributed by atoms with Crippen LogP contribution in [0, 0.1) is 29.1 Å². The van der Waals surface area contributed by atoms with Crippen molar-refractivity contribution in [2.45, 2.75) is 64.8 Å². The maximum atomic E-state index is 3.58. The summed E-state index contributed by atoms with van der Waals surface area (Å²) in [6, 6.07) is 0.742. The lowest BCUT2D eigenvalue weighted by atomic mass is 9.46. The molecule has 0 spiro atoms. The Morgan fingerprint density at radius 2 is 1.53 bits per heavy atom. The fourth-order valence-electron chi connectivity index (χ4n) is 5.97. The monoisotopic (exact) mass is 235 g/mol. The molecule has 1 N–H and O–H groups in total. The molecule has 2 atom stereocenters. The zero-order chi connectivity index (χ0) is 12.0. The van der Waals surface area contributed by atoms with Gasteiger partial charge in [-0.3, -0.25) is 0 Å². The van der Waals surface area contributed by atoms with Gasteiger partial charge in [0, 0.05) is 6.04 Å². The van der Waals surface area contributed by atoms with Crippen LogP contribution in [-0.2, 0) is 0 Å². The lowest BCUT2D eigenvalue weighted by molar-refractivity contribution is -0.0906. The molecule has 4 fully saturated rings. The molecule has 1 heteroatoms. The van der Waals surface area contributed by atoms with Crippen LogP contribution in [0.4, 0.5) is 0 Å². The van der Waals surface area contributed by atoms with Gasteiger partial charge in [0.1, 0.15) is 0 Å². The second kappa shape index (κ2) is 4.26. The summed E-state index contributed by atoms with van der Waals surface area (Å²) in [5.41, 5.74) is 0.721. The molecule has 4 saturated carbocycles. The molecule has 98 valence electrons. The summed E-state index contributed by atoms with van der Waals surface area (Å²) in [4.78, 5) is 0. The molecule has 0 aromatic carbocycles. The molecule has 0 heterocycles. The Kier molecular flexibility index (Phi) is 3.01. The second-order valence-electron chi connectivity index (χ2n) is 7.37. The van der Waals surface area contributed by atoms with Crippen LogP contribution in [0.3, 0.4) is 0 Å². The van der Waals surface area contributed by atoms with E-state index in [1.165, 1.54) is 6.42 Å².